The van der Waals surface area contributed by atoms with Crippen molar-refractivity contribution in [2.45, 2.75) is 36.8 Å². The van der Waals surface area contributed by atoms with Crippen molar-refractivity contribution in [2.75, 3.05) is 18.0 Å². The second kappa shape index (κ2) is 8.50. The topological polar surface area (TPSA) is 50.3 Å². The number of thiazole rings is 1. The summed E-state index contributed by atoms with van der Waals surface area (Å²) in [6, 6.07) is 11.4. The number of benzene rings is 2. The SMILES string of the molecule is Cc1cccc(-c2csc(N3CCC(S(=O)(=O)c4cc(C)c(Cl)cc4Cl)CC3)n2)c1. The van der Waals surface area contributed by atoms with Crippen molar-refractivity contribution in [3.05, 3.63) is 63.0 Å². The Morgan fingerprint density at radius 3 is 2.50 bits per heavy atom. The van der Waals surface area contributed by atoms with E-state index in [9.17, 15) is 8.42 Å². The number of nitrogens with zero attached hydrogens (tertiary/aromatic N) is 2. The van der Waals surface area contributed by atoms with Crippen LogP contribution in [0.1, 0.15) is 24.0 Å². The summed E-state index contributed by atoms with van der Waals surface area (Å²) in [5.41, 5.74) is 3.97. The third-order valence-electron chi connectivity index (χ3n) is 5.48. The van der Waals surface area contributed by atoms with Crippen molar-refractivity contribution in [3.8, 4) is 11.3 Å². The number of halogens is 2. The molecule has 1 aliphatic rings. The zero-order chi connectivity index (χ0) is 21.5. The lowest BCUT2D eigenvalue weighted by molar-refractivity contribution is 0.529. The summed E-state index contributed by atoms with van der Waals surface area (Å²) >= 11 is 13.9. The van der Waals surface area contributed by atoms with Crippen molar-refractivity contribution in [3.63, 3.8) is 0 Å². The van der Waals surface area contributed by atoms with E-state index in [4.69, 9.17) is 28.2 Å². The predicted octanol–water partition coefficient (Wildman–Crippen LogP) is 6.18. The number of piperidine rings is 1. The van der Waals surface area contributed by atoms with E-state index in [1.165, 1.54) is 11.6 Å². The largest absolute Gasteiger partial charge is 0.348 e. The molecule has 2 heterocycles. The van der Waals surface area contributed by atoms with Gasteiger partial charge in [0.1, 0.15) is 0 Å². The molecular weight excluding hydrogens is 459 g/mol. The van der Waals surface area contributed by atoms with E-state index in [0.717, 1.165) is 16.4 Å². The first-order valence-corrected chi connectivity index (χ1v) is 12.9. The molecule has 30 heavy (non-hydrogen) atoms. The molecule has 1 aromatic heterocycles. The van der Waals surface area contributed by atoms with Gasteiger partial charge in [-0.1, -0.05) is 47.0 Å². The second-order valence-corrected chi connectivity index (χ2v) is 11.5. The molecule has 4 nitrogen and oxygen atoms in total. The number of sulfone groups is 1. The monoisotopic (exact) mass is 480 g/mol. The Kier molecular flexibility index (Phi) is 6.13. The van der Waals surface area contributed by atoms with Crippen molar-refractivity contribution in [1.29, 1.82) is 0 Å². The summed E-state index contributed by atoms with van der Waals surface area (Å²) < 4.78 is 26.4. The van der Waals surface area contributed by atoms with Gasteiger partial charge < -0.3 is 4.90 Å². The molecular formula is C22H22Cl2N2O2S2. The number of hydrogen-bond acceptors (Lipinski definition) is 5. The highest BCUT2D eigenvalue weighted by Crippen LogP contribution is 2.35. The summed E-state index contributed by atoms with van der Waals surface area (Å²) in [6.45, 7) is 5.15. The molecule has 0 radical (unpaired) electrons. The van der Waals surface area contributed by atoms with E-state index in [2.05, 4.69) is 35.4 Å². The van der Waals surface area contributed by atoms with Gasteiger partial charge in [-0.3, -0.25) is 0 Å². The predicted molar refractivity (Wildman–Crippen MR) is 126 cm³/mol. The summed E-state index contributed by atoms with van der Waals surface area (Å²) in [4.78, 5) is 7.14. The van der Waals surface area contributed by atoms with Crippen LogP contribution in [0.5, 0.6) is 0 Å². The summed E-state index contributed by atoms with van der Waals surface area (Å²) in [5, 5.41) is 3.20. The minimum Gasteiger partial charge on any atom is -0.348 e. The van der Waals surface area contributed by atoms with Crippen LogP contribution in [0.25, 0.3) is 11.3 Å². The lowest BCUT2D eigenvalue weighted by atomic mass is 10.1. The Labute approximate surface area is 191 Å². The van der Waals surface area contributed by atoms with Crippen LogP contribution in [0.4, 0.5) is 5.13 Å². The van der Waals surface area contributed by atoms with E-state index in [-0.39, 0.29) is 9.92 Å². The highest BCUT2D eigenvalue weighted by Gasteiger charge is 2.33. The Hall–Kier alpha value is -1.60. The first-order chi connectivity index (χ1) is 14.3. The molecule has 1 aliphatic heterocycles. The molecule has 0 amide bonds. The van der Waals surface area contributed by atoms with Crippen LogP contribution in [-0.4, -0.2) is 31.7 Å². The highest BCUT2D eigenvalue weighted by atomic mass is 35.5. The molecule has 1 fully saturated rings. The van der Waals surface area contributed by atoms with E-state index in [1.54, 1.807) is 24.3 Å². The third-order valence-corrected chi connectivity index (χ3v) is 9.51. The standard InChI is InChI=1S/C22H22Cl2N2O2S2/c1-14-4-3-5-16(10-14)20-13-29-22(25-20)26-8-6-17(7-9-26)30(27,28)21-11-15(2)18(23)12-19(21)24/h3-5,10-13,17H,6-9H2,1-2H3. The fourth-order valence-corrected chi connectivity index (χ4v) is 7.19. The Balaban J connectivity index is 1.48. The normalized spacial score (nSPS) is 15.5. The van der Waals surface area contributed by atoms with Crippen LogP contribution in [0, 0.1) is 13.8 Å². The van der Waals surface area contributed by atoms with Gasteiger partial charge in [0.25, 0.3) is 0 Å². The molecule has 0 aliphatic carbocycles. The van der Waals surface area contributed by atoms with Gasteiger partial charge >= 0.3 is 0 Å². The zero-order valence-electron chi connectivity index (χ0n) is 16.7. The van der Waals surface area contributed by atoms with Crippen molar-refractivity contribution < 1.29 is 8.42 Å². The summed E-state index contributed by atoms with van der Waals surface area (Å²) in [7, 11) is -3.51. The average molecular weight is 481 g/mol. The van der Waals surface area contributed by atoms with Gasteiger partial charge in [0.05, 0.1) is 20.9 Å². The number of aryl methyl sites for hydroxylation is 2. The quantitative estimate of drug-likeness (QED) is 0.447. The lowest BCUT2D eigenvalue weighted by Crippen LogP contribution is -2.39. The van der Waals surface area contributed by atoms with Crippen LogP contribution < -0.4 is 4.90 Å². The fourth-order valence-electron chi connectivity index (χ4n) is 3.73. The summed E-state index contributed by atoms with van der Waals surface area (Å²) in [5.74, 6) is 0. The van der Waals surface area contributed by atoms with Crippen LogP contribution in [0.3, 0.4) is 0 Å². The second-order valence-electron chi connectivity index (χ2n) is 7.65. The molecule has 158 valence electrons. The maximum absolute atomic E-state index is 13.2. The first kappa shape index (κ1) is 21.6. The van der Waals surface area contributed by atoms with Crippen LogP contribution in [-0.2, 0) is 9.84 Å². The van der Waals surface area contributed by atoms with Gasteiger partial charge in [-0.25, -0.2) is 13.4 Å². The maximum atomic E-state index is 13.2. The molecule has 0 unspecified atom stereocenters. The first-order valence-electron chi connectivity index (χ1n) is 9.73. The minimum atomic E-state index is -3.51. The van der Waals surface area contributed by atoms with Gasteiger partial charge in [-0.2, -0.15) is 0 Å². The van der Waals surface area contributed by atoms with E-state index in [0.29, 0.717) is 36.5 Å². The molecule has 0 atom stereocenters. The maximum Gasteiger partial charge on any atom is 0.185 e. The van der Waals surface area contributed by atoms with Gasteiger partial charge in [0.15, 0.2) is 15.0 Å². The lowest BCUT2D eigenvalue weighted by Gasteiger charge is -2.31. The van der Waals surface area contributed by atoms with Crippen molar-refractivity contribution >= 4 is 49.5 Å². The van der Waals surface area contributed by atoms with Crippen molar-refractivity contribution in [1.82, 2.24) is 4.98 Å². The number of aromatic nitrogens is 1. The number of rotatable bonds is 4. The third kappa shape index (κ3) is 4.24. The number of anilines is 1. The Morgan fingerprint density at radius 1 is 1.07 bits per heavy atom. The minimum absolute atomic E-state index is 0.181. The Morgan fingerprint density at radius 2 is 1.80 bits per heavy atom. The molecule has 4 rings (SSSR count). The molecule has 0 N–H and O–H groups in total. The Bertz CT molecular complexity index is 1180. The molecule has 0 saturated carbocycles. The van der Waals surface area contributed by atoms with Crippen molar-refractivity contribution in [2.24, 2.45) is 0 Å². The van der Waals surface area contributed by atoms with Gasteiger partial charge in [-0.15, -0.1) is 11.3 Å². The van der Waals surface area contributed by atoms with Crippen LogP contribution in [0.15, 0.2) is 46.7 Å². The molecule has 8 heteroatoms. The van der Waals surface area contributed by atoms with E-state index >= 15 is 0 Å². The summed E-state index contributed by atoms with van der Waals surface area (Å²) in [6.07, 6.45) is 1.08. The van der Waals surface area contributed by atoms with Crippen LogP contribution >= 0.6 is 34.5 Å². The number of hydrogen-bond donors (Lipinski definition) is 0. The van der Waals surface area contributed by atoms with Gasteiger partial charge in [-0.05, 0) is 50.5 Å². The highest BCUT2D eigenvalue weighted by molar-refractivity contribution is 7.92. The zero-order valence-corrected chi connectivity index (χ0v) is 19.9. The molecule has 1 saturated heterocycles. The molecule has 0 spiro atoms. The molecule has 0 bridgehead atoms. The molecule has 3 aromatic rings. The van der Waals surface area contributed by atoms with Crippen LogP contribution in [0.2, 0.25) is 10.0 Å². The smallest absolute Gasteiger partial charge is 0.185 e. The van der Waals surface area contributed by atoms with Gasteiger partial charge in [0.2, 0.25) is 0 Å². The fraction of sp³-hybridized carbons (Fsp3) is 0.318. The van der Waals surface area contributed by atoms with E-state index < -0.39 is 15.1 Å². The van der Waals surface area contributed by atoms with Gasteiger partial charge in [0, 0.05) is 29.1 Å². The average Bonchev–Trinajstić information content (AvgIpc) is 3.21. The molecule has 2 aromatic carbocycles. The van der Waals surface area contributed by atoms with E-state index in [1.807, 2.05) is 6.07 Å².